The van der Waals surface area contributed by atoms with E-state index in [0.29, 0.717) is 39.9 Å². The molecule has 0 aliphatic carbocycles. The molecule has 2 N–H and O–H groups in total. The predicted molar refractivity (Wildman–Crippen MR) is 112 cm³/mol. The van der Waals surface area contributed by atoms with Crippen molar-refractivity contribution in [2.45, 2.75) is 6.42 Å². The van der Waals surface area contributed by atoms with Crippen molar-refractivity contribution in [1.82, 2.24) is 0 Å². The zero-order valence-electron chi connectivity index (χ0n) is 15.1. The molecule has 2 heterocycles. The quantitative estimate of drug-likeness (QED) is 0.693. The standard InChI is InChI=1S/C21H17ClN2O3S/c1-24(16-5-3-2-4-15(16)22)21(26)18-11-12-8-9-27-17-10-13(20(23)25)6-7-14(17)19(12)28-18/h2-7,10-11H,8-9H2,1H3,(H2,23,25). The molecule has 142 valence electrons. The maximum absolute atomic E-state index is 13.0. The summed E-state index contributed by atoms with van der Waals surface area (Å²) < 4.78 is 5.80. The number of hydrogen-bond acceptors (Lipinski definition) is 4. The fourth-order valence-electron chi connectivity index (χ4n) is 3.20. The monoisotopic (exact) mass is 412 g/mol. The van der Waals surface area contributed by atoms with Crippen LogP contribution in [0.25, 0.3) is 10.4 Å². The van der Waals surface area contributed by atoms with Crippen LogP contribution in [-0.2, 0) is 6.42 Å². The number of carbonyl (C=O) groups excluding carboxylic acids is 2. The summed E-state index contributed by atoms with van der Waals surface area (Å²) in [7, 11) is 1.71. The first kappa shape index (κ1) is 18.5. The Labute approximate surface area is 171 Å². The molecule has 5 nitrogen and oxygen atoms in total. The number of carbonyl (C=O) groups is 2. The van der Waals surface area contributed by atoms with Crippen molar-refractivity contribution in [2.75, 3.05) is 18.6 Å². The maximum atomic E-state index is 13.0. The number of nitrogens with zero attached hydrogens (tertiary/aromatic N) is 1. The van der Waals surface area contributed by atoms with E-state index in [1.165, 1.54) is 11.3 Å². The summed E-state index contributed by atoms with van der Waals surface area (Å²) in [6, 6.07) is 14.3. The summed E-state index contributed by atoms with van der Waals surface area (Å²) in [4.78, 5) is 27.7. The van der Waals surface area contributed by atoms with Crippen LogP contribution in [-0.4, -0.2) is 25.5 Å². The molecule has 1 aromatic heterocycles. The average Bonchev–Trinajstić information content (AvgIpc) is 3.03. The smallest absolute Gasteiger partial charge is 0.268 e. The van der Waals surface area contributed by atoms with E-state index in [2.05, 4.69) is 0 Å². The molecule has 4 rings (SSSR count). The molecule has 28 heavy (non-hydrogen) atoms. The lowest BCUT2D eigenvalue weighted by Gasteiger charge is -2.17. The molecule has 2 amide bonds. The third-order valence-electron chi connectivity index (χ3n) is 4.68. The van der Waals surface area contributed by atoms with E-state index < -0.39 is 5.91 Å². The number of benzene rings is 2. The van der Waals surface area contributed by atoms with E-state index in [4.69, 9.17) is 22.1 Å². The predicted octanol–water partition coefficient (Wildman–Crippen LogP) is 4.38. The maximum Gasteiger partial charge on any atom is 0.268 e. The number of halogens is 1. The number of nitrogens with two attached hydrogens (primary N) is 1. The van der Waals surface area contributed by atoms with Gasteiger partial charge in [-0.3, -0.25) is 9.59 Å². The number of hydrogen-bond donors (Lipinski definition) is 1. The Morgan fingerprint density at radius 2 is 1.96 bits per heavy atom. The fourth-order valence-corrected chi connectivity index (χ4v) is 4.68. The van der Waals surface area contributed by atoms with E-state index in [1.807, 2.05) is 30.3 Å². The van der Waals surface area contributed by atoms with E-state index >= 15 is 0 Å². The van der Waals surface area contributed by atoms with Crippen molar-refractivity contribution in [3.8, 4) is 16.2 Å². The molecule has 0 saturated heterocycles. The molecular formula is C21H17ClN2O3S. The Morgan fingerprint density at radius 3 is 2.71 bits per heavy atom. The lowest BCUT2D eigenvalue weighted by Crippen LogP contribution is -2.25. The molecule has 3 aromatic rings. The SMILES string of the molecule is CN(C(=O)c1cc2c(s1)-c1ccc(C(N)=O)cc1OCC2)c1ccccc1Cl. The van der Waals surface area contributed by atoms with Crippen molar-refractivity contribution >= 4 is 40.4 Å². The van der Waals surface area contributed by atoms with Crippen molar-refractivity contribution in [3.63, 3.8) is 0 Å². The lowest BCUT2D eigenvalue weighted by atomic mass is 10.1. The van der Waals surface area contributed by atoms with Gasteiger partial charge in [0.2, 0.25) is 5.91 Å². The van der Waals surface area contributed by atoms with E-state index in [1.54, 1.807) is 30.1 Å². The van der Waals surface area contributed by atoms with Gasteiger partial charge in [0, 0.05) is 29.5 Å². The van der Waals surface area contributed by atoms with E-state index in [9.17, 15) is 9.59 Å². The Hall–Kier alpha value is -2.83. The van der Waals surface area contributed by atoms with Crippen molar-refractivity contribution < 1.29 is 14.3 Å². The molecule has 0 spiro atoms. The molecule has 0 bridgehead atoms. The minimum atomic E-state index is -0.501. The Kier molecular flexibility index (Phi) is 4.83. The first-order valence-corrected chi connectivity index (χ1v) is 9.87. The largest absolute Gasteiger partial charge is 0.493 e. The summed E-state index contributed by atoms with van der Waals surface area (Å²) in [6.07, 6.45) is 0.676. The highest BCUT2D eigenvalue weighted by Gasteiger charge is 2.24. The molecule has 7 heteroatoms. The van der Waals surface area contributed by atoms with Gasteiger partial charge in [-0.1, -0.05) is 23.7 Å². The van der Waals surface area contributed by atoms with Crippen LogP contribution in [0.3, 0.4) is 0 Å². The van der Waals surface area contributed by atoms with Crippen LogP contribution in [0.5, 0.6) is 5.75 Å². The van der Waals surface area contributed by atoms with Crippen LogP contribution in [0, 0.1) is 0 Å². The van der Waals surface area contributed by atoms with Gasteiger partial charge in [-0.25, -0.2) is 0 Å². The second kappa shape index (κ2) is 7.30. The number of amides is 2. The van der Waals surface area contributed by atoms with Gasteiger partial charge in [-0.05, 0) is 42.0 Å². The van der Waals surface area contributed by atoms with Crippen LogP contribution >= 0.6 is 22.9 Å². The minimum Gasteiger partial charge on any atom is -0.493 e. The zero-order chi connectivity index (χ0) is 19.8. The Bertz CT molecular complexity index is 1090. The molecule has 1 aliphatic rings. The van der Waals surface area contributed by atoms with Gasteiger partial charge in [0.15, 0.2) is 0 Å². The number of fused-ring (bicyclic) bond motifs is 3. The number of anilines is 1. The number of para-hydroxylation sites is 1. The van der Waals surface area contributed by atoms with E-state index in [0.717, 1.165) is 16.0 Å². The number of thiophene rings is 1. The molecule has 0 fully saturated rings. The number of primary amides is 1. The molecule has 1 aliphatic heterocycles. The summed E-state index contributed by atoms with van der Waals surface area (Å²) in [5.41, 5.74) is 8.34. The van der Waals surface area contributed by atoms with Crippen LogP contribution in [0.2, 0.25) is 5.02 Å². The lowest BCUT2D eigenvalue weighted by molar-refractivity contribution is 0.0990. The van der Waals surface area contributed by atoms with Gasteiger partial charge >= 0.3 is 0 Å². The second-order valence-corrected chi connectivity index (χ2v) is 7.91. The average molecular weight is 413 g/mol. The molecular weight excluding hydrogens is 396 g/mol. The summed E-state index contributed by atoms with van der Waals surface area (Å²) in [5, 5.41) is 0.522. The summed E-state index contributed by atoms with van der Waals surface area (Å²) in [5.74, 6) is -0.0166. The van der Waals surface area contributed by atoms with Crippen LogP contribution in [0.4, 0.5) is 5.69 Å². The van der Waals surface area contributed by atoms with Gasteiger partial charge in [0.1, 0.15) is 5.75 Å². The molecule has 0 unspecified atom stereocenters. The highest BCUT2D eigenvalue weighted by Crippen LogP contribution is 2.41. The normalized spacial score (nSPS) is 12.4. The van der Waals surface area contributed by atoms with Gasteiger partial charge in [0.25, 0.3) is 5.91 Å². The Morgan fingerprint density at radius 1 is 1.18 bits per heavy atom. The third-order valence-corrected chi connectivity index (χ3v) is 6.20. The van der Waals surface area contributed by atoms with Gasteiger partial charge in [-0.15, -0.1) is 11.3 Å². The first-order chi connectivity index (χ1) is 13.5. The highest BCUT2D eigenvalue weighted by atomic mass is 35.5. The molecule has 0 atom stereocenters. The molecule has 0 saturated carbocycles. The van der Waals surface area contributed by atoms with Crippen LogP contribution in [0.15, 0.2) is 48.5 Å². The topological polar surface area (TPSA) is 72.6 Å². The van der Waals surface area contributed by atoms with Crippen LogP contribution in [0.1, 0.15) is 25.6 Å². The first-order valence-electron chi connectivity index (χ1n) is 8.68. The molecule has 2 aromatic carbocycles. The Balaban J connectivity index is 1.72. The van der Waals surface area contributed by atoms with Gasteiger partial charge in [0.05, 0.1) is 22.2 Å². The number of rotatable bonds is 3. The van der Waals surface area contributed by atoms with Crippen molar-refractivity contribution in [1.29, 1.82) is 0 Å². The summed E-state index contributed by atoms with van der Waals surface area (Å²) >= 11 is 7.65. The number of ether oxygens (including phenoxy) is 1. The molecule has 0 radical (unpaired) electrons. The van der Waals surface area contributed by atoms with Crippen molar-refractivity contribution in [3.05, 3.63) is 69.6 Å². The minimum absolute atomic E-state index is 0.123. The highest BCUT2D eigenvalue weighted by molar-refractivity contribution is 7.17. The summed E-state index contributed by atoms with van der Waals surface area (Å²) in [6.45, 7) is 0.465. The second-order valence-electron chi connectivity index (χ2n) is 6.45. The van der Waals surface area contributed by atoms with Crippen molar-refractivity contribution in [2.24, 2.45) is 5.73 Å². The third kappa shape index (κ3) is 3.25. The van der Waals surface area contributed by atoms with Gasteiger partial charge in [-0.2, -0.15) is 0 Å². The van der Waals surface area contributed by atoms with Gasteiger partial charge < -0.3 is 15.4 Å². The van der Waals surface area contributed by atoms with E-state index in [-0.39, 0.29) is 5.91 Å². The fraction of sp³-hybridized carbons (Fsp3) is 0.143. The van der Waals surface area contributed by atoms with Crippen LogP contribution < -0.4 is 15.4 Å². The zero-order valence-corrected chi connectivity index (χ0v) is 16.6.